The lowest BCUT2D eigenvalue weighted by Crippen LogP contribution is -1.95. The summed E-state index contributed by atoms with van der Waals surface area (Å²) in [5, 5.41) is 8.54. The third-order valence-corrected chi connectivity index (χ3v) is 2.56. The smallest absolute Gasteiger partial charge is 0.122 e. The SMILES string of the molecule is CC\C=C(/C=C/C(C=NC)=C/C(C)=CCC#N)C(C)F. The molecule has 0 aliphatic carbocycles. The van der Waals surface area contributed by atoms with Crippen LogP contribution < -0.4 is 0 Å². The van der Waals surface area contributed by atoms with Crippen LogP contribution in [0.1, 0.15) is 33.6 Å². The average Bonchev–Trinajstić information content (AvgIpc) is 2.40. The molecular formula is C17H23FN2. The van der Waals surface area contributed by atoms with Gasteiger partial charge in [0.25, 0.3) is 0 Å². The van der Waals surface area contributed by atoms with Crippen molar-refractivity contribution in [3.63, 3.8) is 0 Å². The van der Waals surface area contributed by atoms with Gasteiger partial charge in [-0.2, -0.15) is 5.26 Å². The third kappa shape index (κ3) is 8.20. The molecule has 0 rings (SSSR count). The van der Waals surface area contributed by atoms with Crippen molar-refractivity contribution in [2.75, 3.05) is 7.05 Å². The second-order valence-corrected chi connectivity index (χ2v) is 4.40. The van der Waals surface area contributed by atoms with E-state index in [1.54, 1.807) is 19.3 Å². The molecule has 0 fully saturated rings. The van der Waals surface area contributed by atoms with Gasteiger partial charge in [0.15, 0.2) is 0 Å². The summed E-state index contributed by atoms with van der Waals surface area (Å²) in [7, 11) is 1.69. The molecule has 0 heterocycles. The fraction of sp³-hybridized carbons (Fsp3) is 0.412. The Morgan fingerprint density at radius 1 is 1.35 bits per heavy atom. The fourth-order valence-electron chi connectivity index (χ4n) is 1.60. The van der Waals surface area contributed by atoms with Crippen LogP contribution in [0.25, 0.3) is 0 Å². The average molecular weight is 274 g/mol. The first-order valence-electron chi connectivity index (χ1n) is 6.74. The Labute approximate surface area is 121 Å². The zero-order chi connectivity index (χ0) is 15.4. The molecule has 2 nitrogen and oxygen atoms in total. The highest BCUT2D eigenvalue weighted by molar-refractivity contribution is 5.83. The maximum atomic E-state index is 13.4. The van der Waals surface area contributed by atoms with Crippen LogP contribution in [0, 0.1) is 11.3 Å². The van der Waals surface area contributed by atoms with Crippen LogP contribution in [0.4, 0.5) is 4.39 Å². The number of alkyl halides is 1. The summed E-state index contributed by atoms with van der Waals surface area (Å²) in [4.78, 5) is 3.99. The van der Waals surface area contributed by atoms with E-state index in [0.29, 0.717) is 12.0 Å². The molecule has 0 aliphatic rings. The molecule has 0 aromatic rings. The molecule has 0 radical (unpaired) electrons. The van der Waals surface area contributed by atoms with E-state index >= 15 is 0 Å². The van der Waals surface area contributed by atoms with Crippen molar-refractivity contribution in [1.82, 2.24) is 0 Å². The molecular weight excluding hydrogens is 251 g/mol. The van der Waals surface area contributed by atoms with Gasteiger partial charge in [-0.1, -0.05) is 42.9 Å². The molecule has 0 aromatic carbocycles. The Bertz CT molecular complexity index is 472. The Kier molecular flexibility index (Phi) is 9.86. The first kappa shape index (κ1) is 18.0. The zero-order valence-corrected chi connectivity index (χ0v) is 12.7. The van der Waals surface area contributed by atoms with Gasteiger partial charge in [-0.05, 0) is 31.4 Å². The summed E-state index contributed by atoms with van der Waals surface area (Å²) in [6.07, 6.45) is 11.2. The second-order valence-electron chi connectivity index (χ2n) is 4.40. The van der Waals surface area contributed by atoms with Crippen molar-refractivity contribution >= 4 is 6.21 Å². The number of aliphatic imine (C=N–C) groups is 1. The molecule has 0 aromatic heterocycles. The molecule has 0 aliphatic heterocycles. The molecule has 0 amide bonds. The Morgan fingerprint density at radius 2 is 2.05 bits per heavy atom. The standard InChI is InChI=1S/C17H23FN2/c1-5-7-17(15(3)18)10-9-16(13-20-4)12-14(2)8-6-11-19/h7-10,12-13,15H,5-6H2,1-4H3/b10-9+,14-8?,16-12-,17-7+,20-13?. The quantitative estimate of drug-likeness (QED) is 0.488. The highest BCUT2D eigenvalue weighted by atomic mass is 19.1. The van der Waals surface area contributed by atoms with Crippen molar-refractivity contribution in [2.45, 2.75) is 39.8 Å². The molecule has 0 N–H and O–H groups in total. The molecule has 0 spiro atoms. The number of hydrogen-bond acceptors (Lipinski definition) is 2. The first-order chi connectivity index (χ1) is 9.54. The third-order valence-electron chi connectivity index (χ3n) is 2.56. The van der Waals surface area contributed by atoms with Gasteiger partial charge in [0.2, 0.25) is 0 Å². The normalized spacial score (nSPS) is 15.9. The predicted molar refractivity (Wildman–Crippen MR) is 84.6 cm³/mol. The summed E-state index contributed by atoms with van der Waals surface area (Å²) >= 11 is 0. The van der Waals surface area contributed by atoms with E-state index in [4.69, 9.17) is 5.26 Å². The lowest BCUT2D eigenvalue weighted by Gasteiger charge is -2.03. The van der Waals surface area contributed by atoms with Gasteiger partial charge in [-0.15, -0.1) is 0 Å². The minimum Gasteiger partial charge on any atom is -0.296 e. The minimum absolute atomic E-state index is 0.380. The van der Waals surface area contributed by atoms with Gasteiger partial charge >= 0.3 is 0 Å². The molecule has 3 heteroatoms. The number of allylic oxidation sites excluding steroid dienone is 8. The summed E-state index contributed by atoms with van der Waals surface area (Å²) < 4.78 is 13.4. The van der Waals surface area contributed by atoms with Crippen molar-refractivity contribution in [3.8, 4) is 6.07 Å². The summed E-state index contributed by atoms with van der Waals surface area (Å²) in [5.74, 6) is 0. The second kappa shape index (κ2) is 10.9. The van der Waals surface area contributed by atoms with Crippen LogP contribution in [-0.4, -0.2) is 19.4 Å². The number of nitriles is 1. The number of halogens is 1. The fourth-order valence-corrected chi connectivity index (χ4v) is 1.60. The van der Waals surface area contributed by atoms with Crippen LogP contribution in [0.15, 0.2) is 52.1 Å². The lowest BCUT2D eigenvalue weighted by molar-refractivity contribution is 0.416. The van der Waals surface area contributed by atoms with Crippen molar-refractivity contribution in [2.24, 2.45) is 4.99 Å². The van der Waals surface area contributed by atoms with E-state index in [0.717, 1.165) is 17.6 Å². The van der Waals surface area contributed by atoms with Gasteiger partial charge in [-0.3, -0.25) is 4.99 Å². The van der Waals surface area contributed by atoms with E-state index in [-0.39, 0.29) is 0 Å². The van der Waals surface area contributed by atoms with Crippen LogP contribution >= 0.6 is 0 Å². The molecule has 0 saturated carbocycles. The largest absolute Gasteiger partial charge is 0.296 e. The molecule has 108 valence electrons. The van der Waals surface area contributed by atoms with E-state index in [9.17, 15) is 4.39 Å². The van der Waals surface area contributed by atoms with Crippen LogP contribution in [0.5, 0.6) is 0 Å². The van der Waals surface area contributed by atoms with Crippen LogP contribution in [-0.2, 0) is 0 Å². The van der Waals surface area contributed by atoms with Gasteiger partial charge in [0.1, 0.15) is 6.17 Å². The first-order valence-corrected chi connectivity index (χ1v) is 6.74. The molecule has 20 heavy (non-hydrogen) atoms. The summed E-state index contributed by atoms with van der Waals surface area (Å²) in [5.41, 5.74) is 2.53. The van der Waals surface area contributed by atoms with E-state index in [1.165, 1.54) is 6.92 Å². The molecule has 0 saturated heterocycles. The number of nitrogens with zero attached hydrogens (tertiary/aromatic N) is 2. The number of hydrogen-bond donors (Lipinski definition) is 0. The highest BCUT2D eigenvalue weighted by Crippen LogP contribution is 2.11. The highest BCUT2D eigenvalue weighted by Gasteiger charge is 2.02. The molecule has 0 bridgehead atoms. The maximum Gasteiger partial charge on any atom is 0.122 e. The predicted octanol–water partition coefficient (Wildman–Crippen LogP) is 4.72. The van der Waals surface area contributed by atoms with E-state index < -0.39 is 6.17 Å². The van der Waals surface area contributed by atoms with Crippen LogP contribution in [0.3, 0.4) is 0 Å². The van der Waals surface area contributed by atoms with Gasteiger partial charge in [-0.25, -0.2) is 4.39 Å². The van der Waals surface area contributed by atoms with Crippen molar-refractivity contribution in [1.29, 1.82) is 5.26 Å². The van der Waals surface area contributed by atoms with E-state index in [1.807, 2.05) is 38.2 Å². The molecule has 1 unspecified atom stereocenters. The van der Waals surface area contributed by atoms with Crippen molar-refractivity contribution in [3.05, 3.63) is 47.1 Å². The monoisotopic (exact) mass is 274 g/mol. The zero-order valence-electron chi connectivity index (χ0n) is 12.7. The van der Waals surface area contributed by atoms with Gasteiger partial charge in [0.05, 0.1) is 12.5 Å². The van der Waals surface area contributed by atoms with Crippen molar-refractivity contribution < 1.29 is 4.39 Å². The van der Waals surface area contributed by atoms with E-state index in [2.05, 4.69) is 11.1 Å². The van der Waals surface area contributed by atoms with Crippen LogP contribution in [0.2, 0.25) is 0 Å². The maximum absolute atomic E-state index is 13.4. The Morgan fingerprint density at radius 3 is 2.55 bits per heavy atom. The topological polar surface area (TPSA) is 36.1 Å². The van der Waals surface area contributed by atoms with Gasteiger partial charge in [0, 0.05) is 13.3 Å². The van der Waals surface area contributed by atoms with Gasteiger partial charge < -0.3 is 0 Å². The summed E-state index contributed by atoms with van der Waals surface area (Å²) in [6, 6.07) is 2.07. The Hall–Kier alpha value is -1.95. The number of rotatable bonds is 7. The summed E-state index contributed by atoms with van der Waals surface area (Å²) in [6.45, 7) is 5.44. The Balaban J connectivity index is 5.17. The minimum atomic E-state index is -0.985. The lowest BCUT2D eigenvalue weighted by atomic mass is 10.1. The molecule has 1 atom stereocenters.